The van der Waals surface area contributed by atoms with Crippen molar-refractivity contribution < 1.29 is 10.0 Å². The summed E-state index contributed by atoms with van der Waals surface area (Å²) in [4.78, 5) is 9.79. The Morgan fingerprint density at radius 2 is 2.19 bits per heavy atom. The van der Waals surface area contributed by atoms with E-state index in [1.54, 1.807) is 0 Å². The minimum Gasteiger partial charge on any atom is -0.502 e. The Labute approximate surface area is 90.0 Å². The van der Waals surface area contributed by atoms with Crippen molar-refractivity contribution in [2.45, 2.75) is 0 Å². The van der Waals surface area contributed by atoms with E-state index < -0.39 is 16.4 Å². The van der Waals surface area contributed by atoms with E-state index in [0.29, 0.717) is 0 Å². The van der Waals surface area contributed by atoms with Crippen LogP contribution in [-0.4, -0.2) is 22.2 Å². The van der Waals surface area contributed by atoms with Crippen molar-refractivity contribution in [3.8, 4) is 5.75 Å². The number of benzene rings is 1. The van der Waals surface area contributed by atoms with Gasteiger partial charge in [0.25, 0.3) is 0 Å². The van der Waals surface area contributed by atoms with Crippen LogP contribution >= 0.6 is 0 Å². The maximum absolute atomic E-state index is 10.5. The minimum absolute atomic E-state index is 0.152. The van der Waals surface area contributed by atoms with Gasteiger partial charge in [0, 0.05) is 11.6 Å². The lowest BCUT2D eigenvalue weighted by Crippen LogP contribution is -2.21. The Hall–Kier alpha value is -2.64. The number of rotatable bonds is 3. The van der Waals surface area contributed by atoms with Gasteiger partial charge in [0.15, 0.2) is 0 Å². The lowest BCUT2D eigenvalue weighted by Gasteiger charge is -1.98. The number of nitro groups is 1. The van der Waals surface area contributed by atoms with Crippen LogP contribution in [-0.2, 0) is 0 Å². The van der Waals surface area contributed by atoms with Gasteiger partial charge < -0.3 is 16.6 Å². The molecular formula is C8H9N5O3. The zero-order valence-electron chi connectivity index (χ0n) is 8.07. The van der Waals surface area contributed by atoms with Crippen LogP contribution in [0.25, 0.3) is 0 Å². The Balaban J connectivity index is 3.07. The normalized spacial score (nSPS) is 10.2. The van der Waals surface area contributed by atoms with Crippen LogP contribution in [0.1, 0.15) is 5.56 Å². The van der Waals surface area contributed by atoms with Gasteiger partial charge in [-0.25, -0.2) is 0 Å². The molecule has 0 aliphatic heterocycles. The minimum atomic E-state index is -0.701. The van der Waals surface area contributed by atoms with Crippen LogP contribution in [0.15, 0.2) is 28.4 Å². The van der Waals surface area contributed by atoms with E-state index in [1.165, 1.54) is 18.2 Å². The molecule has 0 radical (unpaired) electrons. The number of nitro benzene ring substituents is 1. The molecule has 5 N–H and O–H groups in total. The highest BCUT2D eigenvalue weighted by Gasteiger charge is 2.14. The van der Waals surface area contributed by atoms with Gasteiger partial charge in [0.2, 0.25) is 11.7 Å². The summed E-state index contributed by atoms with van der Waals surface area (Å²) in [7, 11) is 0. The van der Waals surface area contributed by atoms with Gasteiger partial charge in [-0.05, 0) is 6.07 Å². The number of phenols is 1. The molecule has 0 aliphatic carbocycles. The highest BCUT2D eigenvalue weighted by atomic mass is 16.6. The molecule has 0 saturated carbocycles. The average Bonchev–Trinajstić information content (AvgIpc) is 2.19. The van der Waals surface area contributed by atoms with Gasteiger partial charge in [-0.3, -0.25) is 10.1 Å². The van der Waals surface area contributed by atoms with Crippen molar-refractivity contribution in [2.24, 2.45) is 21.7 Å². The van der Waals surface area contributed by atoms with E-state index in [9.17, 15) is 15.2 Å². The Morgan fingerprint density at radius 1 is 1.50 bits per heavy atom. The highest BCUT2D eigenvalue weighted by Crippen LogP contribution is 2.27. The van der Waals surface area contributed by atoms with Crippen LogP contribution < -0.4 is 11.5 Å². The summed E-state index contributed by atoms with van der Waals surface area (Å²) in [5.74, 6) is -0.733. The molecule has 16 heavy (non-hydrogen) atoms. The second-order valence-electron chi connectivity index (χ2n) is 2.74. The molecule has 8 nitrogen and oxygen atoms in total. The number of nitrogens with zero attached hydrogens (tertiary/aromatic N) is 3. The molecule has 0 heterocycles. The van der Waals surface area contributed by atoms with Crippen molar-refractivity contribution in [2.75, 3.05) is 0 Å². The van der Waals surface area contributed by atoms with Gasteiger partial charge in [0.1, 0.15) is 0 Å². The summed E-state index contributed by atoms with van der Waals surface area (Å²) in [6.45, 7) is 0. The zero-order valence-corrected chi connectivity index (χ0v) is 8.07. The summed E-state index contributed by atoms with van der Waals surface area (Å²) in [6.07, 6.45) is 1.11. The number of para-hydroxylation sites is 1. The van der Waals surface area contributed by atoms with Gasteiger partial charge >= 0.3 is 5.69 Å². The largest absolute Gasteiger partial charge is 0.502 e. The fraction of sp³-hybridized carbons (Fsp3) is 0. The molecule has 0 aromatic heterocycles. The number of hydrogen-bond acceptors (Lipinski definition) is 5. The van der Waals surface area contributed by atoms with Crippen LogP contribution in [0, 0.1) is 10.1 Å². The van der Waals surface area contributed by atoms with E-state index in [0.717, 1.165) is 6.21 Å². The maximum Gasteiger partial charge on any atom is 0.311 e. The standard InChI is InChI=1S/C8H9N5O3/c9-8(10)12-11-4-5-2-1-3-6(7(5)14)13(15)16/h1-4,14H,(H4,9,10,12)/b11-4+. The zero-order chi connectivity index (χ0) is 12.1. The molecule has 0 spiro atoms. The second kappa shape index (κ2) is 4.73. The molecule has 0 saturated heterocycles. The number of aromatic hydroxyl groups is 1. The third-order valence-electron chi connectivity index (χ3n) is 1.61. The fourth-order valence-corrected chi connectivity index (χ4v) is 0.958. The molecule has 0 atom stereocenters. The smallest absolute Gasteiger partial charge is 0.311 e. The lowest BCUT2D eigenvalue weighted by atomic mass is 10.2. The first-order valence-corrected chi connectivity index (χ1v) is 4.10. The Morgan fingerprint density at radius 3 is 2.75 bits per heavy atom. The van der Waals surface area contributed by atoms with Gasteiger partial charge in [-0.2, -0.15) is 5.10 Å². The predicted octanol–water partition coefficient (Wildman–Crippen LogP) is -0.0923. The predicted molar refractivity (Wildman–Crippen MR) is 58.2 cm³/mol. The molecule has 1 aromatic rings. The quantitative estimate of drug-likeness (QED) is 0.284. The third-order valence-corrected chi connectivity index (χ3v) is 1.61. The molecular weight excluding hydrogens is 214 g/mol. The van der Waals surface area contributed by atoms with Crippen LogP contribution in [0.2, 0.25) is 0 Å². The van der Waals surface area contributed by atoms with Crippen molar-refractivity contribution >= 4 is 17.9 Å². The van der Waals surface area contributed by atoms with Crippen molar-refractivity contribution in [3.05, 3.63) is 33.9 Å². The lowest BCUT2D eigenvalue weighted by molar-refractivity contribution is -0.385. The monoisotopic (exact) mass is 223 g/mol. The van der Waals surface area contributed by atoms with E-state index in [2.05, 4.69) is 10.2 Å². The van der Waals surface area contributed by atoms with Gasteiger partial charge in [-0.15, -0.1) is 5.10 Å². The van der Waals surface area contributed by atoms with Gasteiger partial charge in [-0.1, -0.05) is 6.07 Å². The molecule has 0 aliphatic rings. The molecule has 1 rings (SSSR count). The van der Waals surface area contributed by atoms with E-state index in [-0.39, 0.29) is 11.5 Å². The summed E-state index contributed by atoms with van der Waals surface area (Å²) >= 11 is 0. The SMILES string of the molecule is NC(N)=N/N=C/c1cccc([N+](=O)[O-])c1O. The topological polar surface area (TPSA) is 140 Å². The molecule has 1 aromatic carbocycles. The van der Waals surface area contributed by atoms with Gasteiger partial charge in [0.05, 0.1) is 11.1 Å². The molecule has 8 heteroatoms. The van der Waals surface area contributed by atoms with E-state index in [1.807, 2.05) is 0 Å². The summed E-state index contributed by atoms with van der Waals surface area (Å²) in [6, 6.07) is 4.02. The molecule has 0 fully saturated rings. The average molecular weight is 223 g/mol. The molecule has 84 valence electrons. The first-order valence-electron chi connectivity index (χ1n) is 4.10. The summed E-state index contributed by atoms with van der Waals surface area (Å²) in [5, 5.41) is 26.7. The second-order valence-corrected chi connectivity index (χ2v) is 2.74. The first kappa shape index (κ1) is 11.4. The van der Waals surface area contributed by atoms with E-state index >= 15 is 0 Å². The fourth-order valence-electron chi connectivity index (χ4n) is 0.958. The molecule has 0 bridgehead atoms. The summed E-state index contributed by atoms with van der Waals surface area (Å²) < 4.78 is 0. The van der Waals surface area contributed by atoms with Crippen molar-refractivity contribution in [1.82, 2.24) is 0 Å². The molecule has 0 amide bonds. The highest BCUT2D eigenvalue weighted by molar-refractivity contribution is 5.86. The number of guanidine groups is 1. The van der Waals surface area contributed by atoms with Crippen molar-refractivity contribution in [3.63, 3.8) is 0 Å². The molecule has 0 unspecified atom stereocenters. The van der Waals surface area contributed by atoms with Crippen LogP contribution in [0.5, 0.6) is 5.75 Å². The van der Waals surface area contributed by atoms with Crippen LogP contribution in [0.4, 0.5) is 5.69 Å². The first-order chi connectivity index (χ1) is 7.52. The number of phenolic OH excluding ortho intramolecular Hbond substituents is 1. The van der Waals surface area contributed by atoms with Crippen LogP contribution in [0.3, 0.4) is 0 Å². The van der Waals surface area contributed by atoms with Crippen molar-refractivity contribution in [1.29, 1.82) is 0 Å². The Kier molecular flexibility index (Phi) is 3.38. The third kappa shape index (κ3) is 2.67. The Bertz CT molecular complexity index is 465. The maximum atomic E-state index is 10.5. The van der Waals surface area contributed by atoms with E-state index in [4.69, 9.17) is 11.5 Å². The number of nitrogens with two attached hydrogens (primary N) is 2. The summed E-state index contributed by atoms with van der Waals surface area (Å²) in [5.41, 5.74) is 9.78. The number of hydrogen-bond donors (Lipinski definition) is 3.